The van der Waals surface area contributed by atoms with E-state index in [9.17, 15) is 0 Å². The number of anilines is 2. The average Bonchev–Trinajstić information content (AvgIpc) is 3.23. The Hall–Kier alpha value is -4.31. The van der Waals surface area contributed by atoms with Crippen LogP contribution in [0.25, 0.3) is 33.8 Å². The zero-order valence-electron chi connectivity index (χ0n) is 19.3. The molecule has 5 aromatic rings. The minimum Gasteiger partial charge on any atom is -0.322 e. The van der Waals surface area contributed by atoms with Gasteiger partial charge in [0.15, 0.2) is 0 Å². The van der Waals surface area contributed by atoms with Gasteiger partial charge in [-0.25, -0.2) is 4.98 Å². The van der Waals surface area contributed by atoms with Gasteiger partial charge < -0.3 is 4.90 Å². The number of hydrogen-bond donors (Lipinski definition) is 0. The molecule has 1 aliphatic heterocycles. The van der Waals surface area contributed by atoms with E-state index >= 15 is 0 Å². The molecule has 0 spiro atoms. The molecule has 7 rings (SSSR count). The Morgan fingerprint density at radius 3 is 2.56 bits per heavy atom. The van der Waals surface area contributed by atoms with E-state index in [4.69, 9.17) is 4.98 Å². The second kappa shape index (κ2) is 8.42. The number of benzene rings is 3. The zero-order valence-corrected chi connectivity index (χ0v) is 20.9. The van der Waals surface area contributed by atoms with Crippen molar-refractivity contribution in [2.24, 2.45) is 0 Å². The quantitative estimate of drug-likeness (QED) is 0.257. The topological polar surface area (TPSA) is 16.1 Å². The van der Waals surface area contributed by atoms with E-state index in [1.165, 1.54) is 10.8 Å². The van der Waals surface area contributed by atoms with Crippen LogP contribution in [0.1, 0.15) is 12.0 Å². The number of halogens is 1. The Kier molecular flexibility index (Phi) is 4.91. The molecule has 1 unspecified atom stereocenters. The number of nitrogens with zero attached hydrogens (tertiary/aromatic N) is 2. The normalized spacial score (nSPS) is 17.9. The predicted octanol–water partition coefficient (Wildman–Crippen LogP) is 6.17. The third-order valence-electron chi connectivity index (χ3n) is 6.84. The van der Waals surface area contributed by atoms with E-state index in [1.807, 2.05) is 12.1 Å². The number of para-hydroxylation sites is 2. The van der Waals surface area contributed by atoms with Crippen molar-refractivity contribution in [1.29, 1.82) is 0 Å². The van der Waals surface area contributed by atoms with Gasteiger partial charge in [-0.2, -0.15) is 0 Å². The number of aromatic nitrogens is 1. The van der Waals surface area contributed by atoms with E-state index in [0.717, 1.165) is 48.8 Å². The van der Waals surface area contributed by atoms with Gasteiger partial charge >= 0.3 is 0 Å². The maximum absolute atomic E-state index is 5.17. The molecule has 2 aliphatic rings. The number of hydrogen-bond acceptors (Lipinski definition) is 2. The first-order chi connectivity index (χ1) is 17.8. The lowest BCUT2D eigenvalue weighted by molar-refractivity contribution is 1.02. The summed E-state index contributed by atoms with van der Waals surface area (Å²) in [5.41, 5.74) is 7.48. The van der Waals surface area contributed by atoms with Gasteiger partial charge in [-0.3, -0.25) is 0 Å². The van der Waals surface area contributed by atoms with Gasteiger partial charge in [0.2, 0.25) is 0 Å². The summed E-state index contributed by atoms with van der Waals surface area (Å²) in [6.07, 6.45) is 2.90. The lowest BCUT2D eigenvalue weighted by Crippen LogP contribution is -2.37. The first-order valence-corrected chi connectivity index (χ1v) is 12.7. The van der Waals surface area contributed by atoms with Gasteiger partial charge in [-0.15, -0.1) is 0 Å². The van der Waals surface area contributed by atoms with Crippen molar-refractivity contribution in [3.8, 4) is 23.1 Å². The molecule has 4 aromatic carbocycles. The summed E-state index contributed by atoms with van der Waals surface area (Å²) in [4.78, 5) is 7.51. The Bertz CT molecular complexity index is 1830. The Labute approximate surface area is 218 Å². The van der Waals surface area contributed by atoms with Crippen LogP contribution in [0, 0.1) is 24.0 Å². The largest absolute Gasteiger partial charge is 0.322 e. The molecule has 2 heterocycles. The molecule has 36 heavy (non-hydrogen) atoms. The third-order valence-corrected chi connectivity index (χ3v) is 7.37. The van der Waals surface area contributed by atoms with Crippen molar-refractivity contribution in [3.63, 3.8) is 0 Å². The Balaban J connectivity index is 1.67. The molecule has 0 saturated carbocycles. The van der Waals surface area contributed by atoms with Gasteiger partial charge in [0, 0.05) is 43.5 Å². The first kappa shape index (κ1) is 21.0. The summed E-state index contributed by atoms with van der Waals surface area (Å²) in [7, 11) is 0. The number of pyridine rings is 1. The maximum atomic E-state index is 5.17. The minimum atomic E-state index is -0.134. The maximum Gasteiger partial charge on any atom is 0.122 e. The molecule has 0 N–H and O–H groups in total. The SMILES string of the molecule is Brc1ccc(-c2nc3ccccc3c3/c2=C\CC#CC2\C=3c3c#cccc3N2c2ccccc2)cc1. The van der Waals surface area contributed by atoms with Crippen molar-refractivity contribution in [3.05, 3.63) is 124 Å². The molecule has 0 bridgehead atoms. The highest BCUT2D eigenvalue weighted by atomic mass is 79.9. The van der Waals surface area contributed by atoms with E-state index in [-0.39, 0.29) is 6.04 Å². The number of fused-ring (bicyclic) bond motifs is 6. The lowest BCUT2D eigenvalue weighted by atomic mass is 9.93. The summed E-state index contributed by atoms with van der Waals surface area (Å²) in [6.45, 7) is 0. The van der Waals surface area contributed by atoms with E-state index in [1.54, 1.807) is 0 Å². The van der Waals surface area contributed by atoms with Crippen LogP contribution in [0.2, 0.25) is 0 Å². The van der Waals surface area contributed by atoms with Crippen molar-refractivity contribution >= 4 is 49.9 Å². The van der Waals surface area contributed by atoms with Crippen molar-refractivity contribution in [2.75, 3.05) is 4.90 Å². The monoisotopic (exact) mass is 522 g/mol. The fraction of sp³-hybridized carbons (Fsp3) is 0.0606. The molecular formula is C33H19BrN2. The molecule has 0 radical (unpaired) electrons. The van der Waals surface area contributed by atoms with Crippen LogP contribution < -0.4 is 15.3 Å². The third kappa shape index (κ3) is 3.25. The second-order valence-electron chi connectivity index (χ2n) is 8.89. The van der Waals surface area contributed by atoms with Crippen LogP contribution >= 0.6 is 15.9 Å². The Morgan fingerprint density at radius 1 is 0.889 bits per heavy atom. The molecule has 1 aromatic heterocycles. The molecule has 0 saturated heterocycles. The predicted molar refractivity (Wildman–Crippen MR) is 150 cm³/mol. The molecule has 1 aliphatic carbocycles. The van der Waals surface area contributed by atoms with Crippen LogP contribution in [-0.4, -0.2) is 11.0 Å². The van der Waals surface area contributed by atoms with Gasteiger partial charge in [-0.1, -0.05) is 94.5 Å². The number of rotatable bonds is 2. The van der Waals surface area contributed by atoms with Gasteiger partial charge in [0.25, 0.3) is 0 Å². The van der Waals surface area contributed by atoms with Crippen LogP contribution in [0.3, 0.4) is 0 Å². The summed E-state index contributed by atoms with van der Waals surface area (Å²) in [6, 6.07) is 37.9. The van der Waals surface area contributed by atoms with Gasteiger partial charge in [0.1, 0.15) is 6.04 Å². The van der Waals surface area contributed by atoms with Crippen molar-refractivity contribution in [2.45, 2.75) is 12.5 Å². The average molecular weight is 523 g/mol. The minimum absolute atomic E-state index is 0.134. The highest BCUT2D eigenvalue weighted by Crippen LogP contribution is 2.42. The first-order valence-electron chi connectivity index (χ1n) is 11.9. The fourth-order valence-electron chi connectivity index (χ4n) is 5.32. The van der Waals surface area contributed by atoms with Crippen LogP contribution in [-0.2, 0) is 0 Å². The molecule has 0 amide bonds. The van der Waals surface area contributed by atoms with Crippen LogP contribution in [0.5, 0.6) is 0 Å². The van der Waals surface area contributed by atoms with E-state index in [0.29, 0.717) is 6.42 Å². The molecule has 2 nitrogen and oxygen atoms in total. The smallest absolute Gasteiger partial charge is 0.122 e. The standard InChI is InChI=1S/C33H19BrN2/c34-23-20-18-22(19-21-23)33-27-14-6-9-17-30-32(31(27)25-12-4-7-15-28(25)35-33)26-13-5-8-16-29(26)36(30)24-10-2-1-3-11-24/h1-4,7-8,10-12,14-16,18-21,30H,6H2/b27-14+,32-31-. The van der Waals surface area contributed by atoms with Crippen molar-refractivity contribution < 1.29 is 0 Å². The highest BCUT2D eigenvalue weighted by Gasteiger charge is 2.35. The fourth-order valence-corrected chi connectivity index (χ4v) is 5.58. The van der Waals surface area contributed by atoms with Crippen LogP contribution in [0.15, 0.2) is 95.5 Å². The zero-order chi connectivity index (χ0) is 24.1. The lowest BCUT2D eigenvalue weighted by Gasteiger charge is -2.25. The van der Waals surface area contributed by atoms with E-state index in [2.05, 4.69) is 130 Å². The molecule has 3 heteroatoms. The van der Waals surface area contributed by atoms with Gasteiger partial charge in [0.05, 0.1) is 22.5 Å². The van der Waals surface area contributed by atoms with E-state index < -0.39 is 0 Å². The Morgan fingerprint density at radius 2 is 1.69 bits per heavy atom. The molecular weight excluding hydrogens is 504 g/mol. The summed E-state index contributed by atoms with van der Waals surface area (Å²) >= 11 is 3.58. The molecule has 168 valence electrons. The second-order valence-corrected chi connectivity index (χ2v) is 9.80. The van der Waals surface area contributed by atoms with Gasteiger partial charge in [-0.05, 0) is 42.5 Å². The van der Waals surface area contributed by atoms with Crippen molar-refractivity contribution in [1.82, 2.24) is 4.98 Å². The summed E-state index contributed by atoms with van der Waals surface area (Å²) < 4.78 is 1.05. The summed E-state index contributed by atoms with van der Waals surface area (Å²) in [5.74, 6) is 7.04. The molecule has 0 fully saturated rings. The van der Waals surface area contributed by atoms with Crippen LogP contribution in [0.4, 0.5) is 11.4 Å². The molecule has 1 atom stereocenters. The highest BCUT2D eigenvalue weighted by molar-refractivity contribution is 9.10. The summed E-state index contributed by atoms with van der Waals surface area (Å²) in [5, 5.41) is 3.45.